The van der Waals surface area contributed by atoms with E-state index < -0.39 is 0 Å². The highest BCUT2D eigenvalue weighted by atomic mass is 14.9. The number of nitrogens with one attached hydrogen (secondary N) is 1. The molecule has 2 rings (SSSR count). The van der Waals surface area contributed by atoms with Crippen molar-refractivity contribution in [1.29, 1.82) is 0 Å². The smallest absolute Gasteiger partial charge is 0.0270 e. The van der Waals surface area contributed by atoms with Crippen LogP contribution in [-0.4, -0.2) is 18.1 Å². The molecule has 0 saturated carbocycles. The van der Waals surface area contributed by atoms with Gasteiger partial charge in [0.2, 0.25) is 0 Å². The molecule has 1 aromatic heterocycles. The maximum atomic E-state index is 4.06. The highest BCUT2D eigenvalue weighted by Crippen LogP contribution is 2.10. The first kappa shape index (κ1) is 13.8. The number of nitrogens with zero attached hydrogens (tertiary/aromatic N) is 1. The molecule has 0 aliphatic carbocycles. The highest BCUT2D eigenvalue weighted by Gasteiger charge is 2.08. The van der Waals surface area contributed by atoms with Gasteiger partial charge in [0.25, 0.3) is 0 Å². The maximum Gasteiger partial charge on any atom is 0.0270 e. The van der Waals surface area contributed by atoms with Crippen LogP contribution in [0.15, 0.2) is 48.8 Å². The zero-order valence-corrected chi connectivity index (χ0v) is 11.8. The van der Waals surface area contributed by atoms with E-state index in [2.05, 4.69) is 53.6 Å². The molecule has 1 atom stereocenters. The number of likely N-dealkylation sites (N-methyl/N-ethyl adjacent to an activating group) is 1. The minimum absolute atomic E-state index is 0.467. The van der Waals surface area contributed by atoms with E-state index in [0.717, 1.165) is 19.3 Å². The third-order valence-corrected chi connectivity index (χ3v) is 3.55. The quantitative estimate of drug-likeness (QED) is 0.857. The SMILES string of the molecule is CCc1ccc(CC(Cc2ccncc2)NC)cc1. The van der Waals surface area contributed by atoms with Crippen molar-refractivity contribution in [3.63, 3.8) is 0 Å². The summed E-state index contributed by atoms with van der Waals surface area (Å²) in [6, 6.07) is 13.6. The van der Waals surface area contributed by atoms with Crippen molar-refractivity contribution in [1.82, 2.24) is 10.3 Å². The van der Waals surface area contributed by atoms with Gasteiger partial charge in [0.15, 0.2) is 0 Å². The molecule has 1 N–H and O–H groups in total. The molecule has 100 valence electrons. The molecule has 2 aromatic rings. The van der Waals surface area contributed by atoms with E-state index in [9.17, 15) is 0 Å². The van der Waals surface area contributed by atoms with Crippen molar-refractivity contribution >= 4 is 0 Å². The number of hydrogen-bond donors (Lipinski definition) is 1. The third-order valence-electron chi connectivity index (χ3n) is 3.55. The van der Waals surface area contributed by atoms with Gasteiger partial charge in [-0.25, -0.2) is 0 Å². The van der Waals surface area contributed by atoms with Crippen LogP contribution in [-0.2, 0) is 19.3 Å². The zero-order valence-electron chi connectivity index (χ0n) is 11.8. The number of aromatic nitrogens is 1. The Kier molecular flexibility index (Phi) is 5.10. The molecule has 0 radical (unpaired) electrons. The Hall–Kier alpha value is -1.67. The second-order valence-electron chi connectivity index (χ2n) is 4.92. The molecular formula is C17H22N2. The summed E-state index contributed by atoms with van der Waals surface area (Å²) in [5.41, 5.74) is 4.13. The average Bonchev–Trinajstić information content (AvgIpc) is 2.48. The first-order valence-electron chi connectivity index (χ1n) is 6.95. The van der Waals surface area contributed by atoms with Gasteiger partial charge in [0.1, 0.15) is 0 Å². The predicted molar refractivity (Wildman–Crippen MR) is 80.3 cm³/mol. The van der Waals surface area contributed by atoms with Crippen molar-refractivity contribution in [2.75, 3.05) is 7.05 Å². The van der Waals surface area contributed by atoms with Crippen LogP contribution in [0.5, 0.6) is 0 Å². The Morgan fingerprint density at radius 1 is 0.895 bits per heavy atom. The van der Waals surface area contributed by atoms with Crippen molar-refractivity contribution in [3.05, 3.63) is 65.5 Å². The second-order valence-corrected chi connectivity index (χ2v) is 4.92. The van der Waals surface area contributed by atoms with Crippen LogP contribution in [0.2, 0.25) is 0 Å². The molecule has 0 aliphatic heterocycles. The summed E-state index contributed by atoms with van der Waals surface area (Å²) in [5.74, 6) is 0. The van der Waals surface area contributed by atoms with Gasteiger partial charge in [0, 0.05) is 18.4 Å². The maximum absolute atomic E-state index is 4.06. The summed E-state index contributed by atoms with van der Waals surface area (Å²) in [5, 5.41) is 3.41. The summed E-state index contributed by atoms with van der Waals surface area (Å²) >= 11 is 0. The average molecular weight is 254 g/mol. The lowest BCUT2D eigenvalue weighted by Gasteiger charge is -2.16. The van der Waals surface area contributed by atoms with Gasteiger partial charge in [0.05, 0.1) is 0 Å². The molecule has 19 heavy (non-hydrogen) atoms. The largest absolute Gasteiger partial charge is 0.316 e. The van der Waals surface area contributed by atoms with Crippen LogP contribution >= 0.6 is 0 Å². The first-order chi connectivity index (χ1) is 9.31. The van der Waals surface area contributed by atoms with Crippen LogP contribution in [0.4, 0.5) is 0 Å². The molecule has 1 heterocycles. The van der Waals surface area contributed by atoms with Gasteiger partial charge < -0.3 is 5.32 Å². The Bertz CT molecular complexity index is 476. The van der Waals surface area contributed by atoms with Gasteiger partial charge in [-0.2, -0.15) is 0 Å². The molecule has 1 unspecified atom stereocenters. The molecule has 0 amide bonds. The van der Waals surface area contributed by atoms with E-state index in [0.29, 0.717) is 6.04 Å². The standard InChI is InChI=1S/C17H22N2/c1-3-14-4-6-15(7-5-14)12-17(18-2)13-16-8-10-19-11-9-16/h4-11,17-18H,3,12-13H2,1-2H3. The fourth-order valence-corrected chi connectivity index (χ4v) is 2.28. The molecule has 0 fully saturated rings. The van der Waals surface area contributed by atoms with Gasteiger partial charge in [-0.05, 0) is 55.1 Å². The summed E-state index contributed by atoms with van der Waals surface area (Å²) in [4.78, 5) is 4.06. The Morgan fingerprint density at radius 2 is 1.42 bits per heavy atom. The van der Waals surface area contributed by atoms with Crippen LogP contribution in [0, 0.1) is 0 Å². The van der Waals surface area contributed by atoms with Gasteiger partial charge >= 0.3 is 0 Å². The van der Waals surface area contributed by atoms with E-state index in [1.54, 1.807) is 0 Å². The van der Waals surface area contributed by atoms with Crippen LogP contribution < -0.4 is 5.32 Å². The number of aryl methyl sites for hydroxylation is 1. The van der Waals surface area contributed by atoms with Crippen molar-refractivity contribution in [2.24, 2.45) is 0 Å². The third kappa shape index (κ3) is 4.18. The fraction of sp³-hybridized carbons (Fsp3) is 0.353. The molecule has 2 nitrogen and oxygen atoms in total. The zero-order chi connectivity index (χ0) is 13.5. The lowest BCUT2D eigenvalue weighted by Crippen LogP contribution is -2.29. The second kappa shape index (κ2) is 7.05. The number of pyridine rings is 1. The van der Waals surface area contributed by atoms with E-state index in [-0.39, 0.29) is 0 Å². The van der Waals surface area contributed by atoms with Gasteiger partial charge in [-0.15, -0.1) is 0 Å². The molecule has 0 bridgehead atoms. The number of rotatable bonds is 6. The number of benzene rings is 1. The van der Waals surface area contributed by atoms with E-state index in [1.165, 1.54) is 16.7 Å². The summed E-state index contributed by atoms with van der Waals surface area (Å²) in [7, 11) is 2.03. The molecule has 0 spiro atoms. The van der Waals surface area contributed by atoms with Crippen molar-refractivity contribution in [3.8, 4) is 0 Å². The fourth-order valence-electron chi connectivity index (χ4n) is 2.28. The Balaban J connectivity index is 1.98. The van der Waals surface area contributed by atoms with Crippen LogP contribution in [0.3, 0.4) is 0 Å². The lowest BCUT2D eigenvalue weighted by molar-refractivity contribution is 0.556. The Morgan fingerprint density at radius 3 is 1.95 bits per heavy atom. The predicted octanol–water partition coefficient (Wildman–Crippen LogP) is 3.02. The minimum Gasteiger partial charge on any atom is -0.316 e. The highest BCUT2D eigenvalue weighted by molar-refractivity contribution is 5.23. The molecule has 1 aromatic carbocycles. The number of hydrogen-bond acceptors (Lipinski definition) is 2. The topological polar surface area (TPSA) is 24.9 Å². The van der Waals surface area contributed by atoms with E-state index in [4.69, 9.17) is 0 Å². The monoisotopic (exact) mass is 254 g/mol. The van der Waals surface area contributed by atoms with Crippen molar-refractivity contribution < 1.29 is 0 Å². The van der Waals surface area contributed by atoms with Crippen molar-refractivity contribution in [2.45, 2.75) is 32.2 Å². The lowest BCUT2D eigenvalue weighted by atomic mass is 9.98. The van der Waals surface area contributed by atoms with E-state index in [1.807, 2.05) is 19.4 Å². The molecule has 2 heteroatoms. The normalized spacial score (nSPS) is 12.3. The summed E-state index contributed by atoms with van der Waals surface area (Å²) in [6.07, 6.45) is 6.92. The van der Waals surface area contributed by atoms with Gasteiger partial charge in [-0.1, -0.05) is 31.2 Å². The summed E-state index contributed by atoms with van der Waals surface area (Å²) in [6.45, 7) is 2.19. The van der Waals surface area contributed by atoms with E-state index >= 15 is 0 Å². The molecule has 0 saturated heterocycles. The first-order valence-corrected chi connectivity index (χ1v) is 6.95. The molecule has 0 aliphatic rings. The molecular weight excluding hydrogens is 232 g/mol. The summed E-state index contributed by atoms with van der Waals surface area (Å²) < 4.78 is 0. The van der Waals surface area contributed by atoms with Gasteiger partial charge in [-0.3, -0.25) is 4.98 Å². The van der Waals surface area contributed by atoms with Crippen LogP contribution in [0.25, 0.3) is 0 Å². The van der Waals surface area contributed by atoms with Crippen LogP contribution in [0.1, 0.15) is 23.6 Å². The Labute approximate surface area is 115 Å². The minimum atomic E-state index is 0.467.